The van der Waals surface area contributed by atoms with Gasteiger partial charge in [-0.1, -0.05) is 31.5 Å². The number of piperidine rings is 1. The molecule has 1 aromatic rings. The predicted octanol–water partition coefficient (Wildman–Crippen LogP) is 2.94. The molecular weight excluding hydrogens is 350 g/mol. The fourth-order valence-corrected chi connectivity index (χ4v) is 5.31. The molecule has 2 amide bonds. The largest absolute Gasteiger partial charge is 0.341 e. The highest BCUT2D eigenvalue weighted by Crippen LogP contribution is 2.46. The highest BCUT2D eigenvalue weighted by atomic mass is 16.2. The monoisotopic (exact) mass is 383 g/mol. The zero-order valence-corrected chi connectivity index (χ0v) is 17.3. The van der Waals surface area contributed by atoms with Crippen molar-refractivity contribution < 1.29 is 9.59 Å². The number of rotatable bonds is 4. The van der Waals surface area contributed by atoms with E-state index in [0.29, 0.717) is 13.0 Å². The maximum Gasteiger partial charge on any atom is 0.232 e. The van der Waals surface area contributed by atoms with Crippen LogP contribution in [0.5, 0.6) is 0 Å². The Bertz CT molecular complexity index is 739. The van der Waals surface area contributed by atoms with Crippen molar-refractivity contribution in [3.05, 3.63) is 29.8 Å². The van der Waals surface area contributed by atoms with E-state index in [1.807, 2.05) is 15.9 Å². The number of fused-ring (bicyclic) bond motifs is 1. The van der Waals surface area contributed by atoms with Crippen LogP contribution in [0.2, 0.25) is 0 Å². The number of hydrogen-bond donors (Lipinski definition) is 0. The minimum Gasteiger partial charge on any atom is -0.341 e. The molecule has 152 valence electrons. The van der Waals surface area contributed by atoms with Gasteiger partial charge in [0.05, 0.1) is 5.92 Å². The number of unbranched alkanes of at least 4 members (excludes halogenated alkanes) is 1. The standard InChI is InChI=1S/C23H33N3O2/c1-3-4-9-21(27)25-16-19(23(17-25)11-14-24(2)15-12-23)22(28)26-13-10-18-7-5-6-8-20(18)26/h5-8,19H,3-4,9-17H2,1-2H3. The minimum absolute atomic E-state index is 0.0526. The lowest BCUT2D eigenvalue weighted by Gasteiger charge is -2.41. The summed E-state index contributed by atoms with van der Waals surface area (Å²) < 4.78 is 0. The summed E-state index contributed by atoms with van der Waals surface area (Å²) in [6, 6.07) is 8.27. The number of likely N-dealkylation sites (tertiary alicyclic amines) is 2. The van der Waals surface area contributed by atoms with Crippen LogP contribution in [0.25, 0.3) is 0 Å². The average Bonchev–Trinajstić information content (AvgIpc) is 3.30. The molecule has 2 saturated heterocycles. The molecule has 1 spiro atoms. The highest BCUT2D eigenvalue weighted by Gasteiger charge is 2.53. The molecule has 0 bridgehead atoms. The summed E-state index contributed by atoms with van der Waals surface area (Å²) in [5.41, 5.74) is 2.29. The molecule has 1 aromatic carbocycles. The van der Waals surface area contributed by atoms with Crippen molar-refractivity contribution in [2.75, 3.05) is 44.7 Å². The average molecular weight is 384 g/mol. The van der Waals surface area contributed by atoms with E-state index in [4.69, 9.17) is 0 Å². The van der Waals surface area contributed by atoms with E-state index in [1.54, 1.807) is 0 Å². The zero-order chi connectivity index (χ0) is 19.7. The molecular formula is C23H33N3O2. The molecule has 1 atom stereocenters. The van der Waals surface area contributed by atoms with Crippen molar-refractivity contribution in [3.63, 3.8) is 0 Å². The van der Waals surface area contributed by atoms with Gasteiger partial charge in [-0.3, -0.25) is 9.59 Å². The molecule has 0 radical (unpaired) electrons. The number of carbonyl (C=O) groups is 2. The van der Waals surface area contributed by atoms with Gasteiger partial charge in [0, 0.05) is 37.2 Å². The molecule has 28 heavy (non-hydrogen) atoms. The highest BCUT2D eigenvalue weighted by molar-refractivity contribution is 5.98. The fourth-order valence-electron chi connectivity index (χ4n) is 5.31. The fraction of sp³-hybridized carbons (Fsp3) is 0.652. The molecule has 1 unspecified atom stereocenters. The third-order valence-electron chi connectivity index (χ3n) is 7.18. The van der Waals surface area contributed by atoms with Crippen molar-refractivity contribution in [1.29, 1.82) is 0 Å². The van der Waals surface area contributed by atoms with Crippen LogP contribution in [0.15, 0.2) is 24.3 Å². The topological polar surface area (TPSA) is 43.9 Å². The smallest absolute Gasteiger partial charge is 0.232 e. The number of benzene rings is 1. The van der Waals surface area contributed by atoms with Crippen LogP contribution in [0.3, 0.4) is 0 Å². The summed E-state index contributed by atoms with van der Waals surface area (Å²) in [4.78, 5) is 32.8. The predicted molar refractivity (Wildman–Crippen MR) is 111 cm³/mol. The van der Waals surface area contributed by atoms with Crippen LogP contribution >= 0.6 is 0 Å². The quantitative estimate of drug-likeness (QED) is 0.803. The van der Waals surface area contributed by atoms with Gasteiger partial charge in [0.25, 0.3) is 0 Å². The van der Waals surface area contributed by atoms with E-state index < -0.39 is 0 Å². The van der Waals surface area contributed by atoms with Gasteiger partial charge in [-0.2, -0.15) is 0 Å². The molecule has 0 aromatic heterocycles. The van der Waals surface area contributed by atoms with Gasteiger partial charge >= 0.3 is 0 Å². The number of hydrogen-bond acceptors (Lipinski definition) is 3. The Balaban J connectivity index is 1.58. The lowest BCUT2D eigenvalue weighted by atomic mass is 9.70. The summed E-state index contributed by atoms with van der Waals surface area (Å²) in [5, 5.41) is 0. The first-order valence-corrected chi connectivity index (χ1v) is 10.9. The maximum absolute atomic E-state index is 13.7. The van der Waals surface area contributed by atoms with Crippen molar-refractivity contribution >= 4 is 17.5 Å². The van der Waals surface area contributed by atoms with Gasteiger partial charge < -0.3 is 14.7 Å². The first kappa shape index (κ1) is 19.4. The van der Waals surface area contributed by atoms with Crippen molar-refractivity contribution in [3.8, 4) is 0 Å². The number of para-hydroxylation sites is 1. The Labute approximate surface area is 168 Å². The Morgan fingerprint density at radius 2 is 1.89 bits per heavy atom. The number of carbonyl (C=O) groups excluding carboxylic acids is 2. The van der Waals surface area contributed by atoms with Crippen LogP contribution in [0.4, 0.5) is 5.69 Å². The second-order valence-electron chi connectivity index (χ2n) is 8.96. The third kappa shape index (κ3) is 3.45. The van der Waals surface area contributed by atoms with Crippen molar-refractivity contribution in [2.24, 2.45) is 11.3 Å². The molecule has 0 saturated carbocycles. The molecule has 5 heteroatoms. The van der Waals surface area contributed by atoms with E-state index in [1.165, 1.54) is 5.56 Å². The van der Waals surface area contributed by atoms with Crippen molar-refractivity contribution in [2.45, 2.75) is 45.4 Å². The molecule has 5 nitrogen and oxygen atoms in total. The first-order chi connectivity index (χ1) is 13.5. The third-order valence-corrected chi connectivity index (χ3v) is 7.18. The van der Waals surface area contributed by atoms with Gasteiger partial charge in [0.15, 0.2) is 0 Å². The Morgan fingerprint density at radius 3 is 2.64 bits per heavy atom. The second kappa shape index (κ2) is 7.86. The number of anilines is 1. The number of nitrogens with zero attached hydrogens (tertiary/aromatic N) is 3. The van der Waals surface area contributed by atoms with Gasteiger partial charge in [-0.05, 0) is 57.5 Å². The van der Waals surface area contributed by atoms with E-state index in [-0.39, 0.29) is 23.1 Å². The number of amides is 2. The van der Waals surface area contributed by atoms with Crippen LogP contribution in [-0.4, -0.2) is 61.4 Å². The van der Waals surface area contributed by atoms with E-state index in [9.17, 15) is 9.59 Å². The van der Waals surface area contributed by atoms with Crippen molar-refractivity contribution in [1.82, 2.24) is 9.80 Å². The van der Waals surface area contributed by atoms with E-state index in [0.717, 1.165) is 64.0 Å². The Kier molecular flexibility index (Phi) is 5.46. The van der Waals surface area contributed by atoms with Gasteiger partial charge in [-0.25, -0.2) is 0 Å². The molecule has 3 aliphatic heterocycles. The van der Waals surface area contributed by atoms with Crippen LogP contribution in [-0.2, 0) is 16.0 Å². The molecule has 2 fully saturated rings. The summed E-state index contributed by atoms with van der Waals surface area (Å²) >= 11 is 0. The summed E-state index contributed by atoms with van der Waals surface area (Å²) in [6.45, 7) is 6.27. The molecule has 3 heterocycles. The van der Waals surface area contributed by atoms with Gasteiger partial charge in [-0.15, -0.1) is 0 Å². The van der Waals surface area contributed by atoms with Gasteiger partial charge in [0.2, 0.25) is 11.8 Å². The maximum atomic E-state index is 13.7. The molecule has 3 aliphatic rings. The lowest BCUT2D eigenvalue weighted by Crippen LogP contribution is -2.48. The minimum atomic E-state index is -0.0714. The Morgan fingerprint density at radius 1 is 1.14 bits per heavy atom. The Hall–Kier alpha value is -1.88. The second-order valence-corrected chi connectivity index (χ2v) is 8.96. The molecule has 4 rings (SSSR count). The van der Waals surface area contributed by atoms with E-state index in [2.05, 4.69) is 37.1 Å². The molecule has 0 aliphatic carbocycles. The first-order valence-electron chi connectivity index (χ1n) is 10.9. The van der Waals surface area contributed by atoms with Crippen LogP contribution in [0.1, 0.15) is 44.6 Å². The zero-order valence-electron chi connectivity index (χ0n) is 17.3. The van der Waals surface area contributed by atoms with Gasteiger partial charge in [0.1, 0.15) is 0 Å². The normalized spacial score (nSPS) is 24.0. The lowest BCUT2D eigenvalue weighted by molar-refractivity contribution is -0.130. The van der Waals surface area contributed by atoms with E-state index >= 15 is 0 Å². The van der Waals surface area contributed by atoms with Crippen LogP contribution < -0.4 is 4.90 Å². The summed E-state index contributed by atoms with van der Waals surface area (Å²) in [7, 11) is 2.15. The molecule has 0 N–H and O–H groups in total. The summed E-state index contributed by atoms with van der Waals surface area (Å²) in [5.74, 6) is 0.399. The SMILES string of the molecule is CCCCC(=O)N1CC(C(=O)N2CCc3ccccc32)C2(CCN(C)CC2)C1. The summed E-state index contributed by atoms with van der Waals surface area (Å²) in [6.07, 6.45) is 5.52. The van der Waals surface area contributed by atoms with Crippen LogP contribution in [0, 0.1) is 11.3 Å².